The van der Waals surface area contributed by atoms with Gasteiger partial charge in [-0.2, -0.15) is 0 Å². The molecule has 0 bridgehead atoms. The molecule has 2 aromatic rings. The Bertz CT molecular complexity index is 550. The van der Waals surface area contributed by atoms with Crippen LogP contribution >= 0.6 is 11.8 Å². The maximum absolute atomic E-state index is 5.84. The van der Waals surface area contributed by atoms with Crippen molar-refractivity contribution in [3.8, 4) is 0 Å². The summed E-state index contributed by atoms with van der Waals surface area (Å²) >= 11 is 1.58. The number of hydrogen-bond donors (Lipinski definition) is 1. The maximum Gasteiger partial charge on any atom is 0.192 e. The second-order valence-corrected chi connectivity index (χ2v) is 5.96. The van der Waals surface area contributed by atoms with Gasteiger partial charge < -0.3 is 5.73 Å². The lowest BCUT2D eigenvalue weighted by Gasteiger charge is -2.10. The Morgan fingerprint density at radius 1 is 1.21 bits per heavy atom. The normalized spacial score (nSPS) is 12.4. The molecule has 0 amide bonds. The molecule has 0 aliphatic rings. The van der Waals surface area contributed by atoms with E-state index in [2.05, 4.69) is 35.1 Å². The van der Waals surface area contributed by atoms with E-state index in [1.807, 2.05) is 26.2 Å². The van der Waals surface area contributed by atoms with Crippen molar-refractivity contribution in [2.45, 2.75) is 43.3 Å². The number of nitrogens with two attached hydrogens (primary N) is 1. The predicted molar refractivity (Wildman–Crippen MR) is 79.4 cm³/mol. The predicted octanol–water partition coefficient (Wildman–Crippen LogP) is 3.13. The summed E-state index contributed by atoms with van der Waals surface area (Å²) in [5.41, 5.74) is 9.50. The molecule has 0 aliphatic heterocycles. The Morgan fingerprint density at radius 2 is 1.89 bits per heavy atom. The first-order valence-electron chi connectivity index (χ1n) is 6.36. The van der Waals surface area contributed by atoms with Gasteiger partial charge in [-0.1, -0.05) is 6.07 Å². The highest BCUT2D eigenvalue weighted by Gasteiger charge is 2.05. The smallest absolute Gasteiger partial charge is 0.192 e. The lowest BCUT2D eigenvalue weighted by molar-refractivity contribution is 0.734. The van der Waals surface area contributed by atoms with E-state index in [0.717, 1.165) is 22.0 Å². The molecule has 4 heteroatoms. The van der Waals surface area contributed by atoms with Gasteiger partial charge in [0, 0.05) is 23.3 Å². The van der Waals surface area contributed by atoms with Gasteiger partial charge in [-0.3, -0.25) is 0 Å². The third-order valence-electron chi connectivity index (χ3n) is 2.82. The van der Waals surface area contributed by atoms with Crippen molar-refractivity contribution in [3.63, 3.8) is 0 Å². The Kier molecular flexibility index (Phi) is 4.56. The zero-order valence-electron chi connectivity index (χ0n) is 11.6. The summed E-state index contributed by atoms with van der Waals surface area (Å²) in [6.45, 7) is 6.14. The number of aromatic nitrogens is 2. The summed E-state index contributed by atoms with van der Waals surface area (Å²) in [4.78, 5) is 9.77. The van der Waals surface area contributed by atoms with E-state index in [1.54, 1.807) is 11.8 Å². The van der Waals surface area contributed by atoms with Crippen LogP contribution in [0.3, 0.4) is 0 Å². The highest BCUT2D eigenvalue weighted by molar-refractivity contribution is 7.99. The summed E-state index contributed by atoms with van der Waals surface area (Å²) in [7, 11) is 0. The van der Waals surface area contributed by atoms with Crippen molar-refractivity contribution in [1.29, 1.82) is 0 Å². The Balaban J connectivity index is 2.13. The standard InChI is InChI=1S/C15H19N3S/c1-10-8-17-15(18-9-10)19-14-5-4-13(7-12(3)16)11(2)6-14/h4-6,8-9,12H,7,16H2,1-3H3. The number of rotatable bonds is 4. The van der Waals surface area contributed by atoms with Gasteiger partial charge in [0.05, 0.1) is 0 Å². The fourth-order valence-electron chi connectivity index (χ4n) is 1.85. The van der Waals surface area contributed by atoms with Crippen LogP contribution in [-0.4, -0.2) is 16.0 Å². The first-order valence-corrected chi connectivity index (χ1v) is 7.18. The molecule has 0 spiro atoms. The Hall–Kier alpha value is -1.39. The van der Waals surface area contributed by atoms with Crippen LogP contribution in [0.25, 0.3) is 0 Å². The van der Waals surface area contributed by atoms with Crippen molar-refractivity contribution in [3.05, 3.63) is 47.3 Å². The van der Waals surface area contributed by atoms with E-state index in [-0.39, 0.29) is 6.04 Å². The van der Waals surface area contributed by atoms with Gasteiger partial charge in [-0.15, -0.1) is 0 Å². The molecule has 1 heterocycles. The van der Waals surface area contributed by atoms with E-state index in [1.165, 1.54) is 11.1 Å². The van der Waals surface area contributed by atoms with Gasteiger partial charge in [0.25, 0.3) is 0 Å². The number of hydrogen-bond acceptors (Lipinski definition) is 4. The van der Waals surface area contributed by atoms with Gasteiger partial charge >= 0.3 is 0 Å². The molecule has 0 fully saturated rings. The van der Waals surface area contributed by atoms with Gasteiger partial charge in [0.15, 0.2) is 5.16 Å². The summed E-state index contributed by atoms with van der Waals surface area (Å²) in [5.74, 6) is 0. The maximum atomic E-state index is 5.84. The van der Waals surface area contributed by atoms with E-state index in [9.17, 15) is 0 Å². The van der Waals surface area contributed by atoms with Crippen molar-refractivity contribution in [2.24, 2.45) is 5.73 Å². The Labute approximate surface area is 118 Å². The van der Waals surface area contributed by atoms with Crippen LogP contribution < -0.4 is 5.73 Å². The molecule has 2 rings (SSSR count). The SMILES string of the molecule is Cc1cnc(Sc2ccc(CC(C)N)c(C)c2)nc1. The zero-order valence-corrected chi connectivity index (χ0v) is 12.4. The molecule has 3 nitrogen and oxygen atoms in total. The lowest BCUT2D eigenvalue weighted by Crippen LogP contribution is -2.18. The van der Waals surface area contributed by atoms with Gasteiger partial charge in [-0.25, -0.2) is 9.97 Å². The lowest BCUT2D eigenvalue weighted by atomic mass is 10.0. The van der Waals surface area contributed by atoms with E-state index < -0.39 is 0 Å². The van der Waals surface area contributed by atoms with Crippen LogP contribution in [0.5, 0.6) is 0 Å². The molecule has 0 aliphatic carbocycles. The first kappa shape index (κ1) is 14.0. The van der Waals surface area contributed by atoms with Gasteiger partial charge in [0.1, 0.15) is 0 Å². The molecule has 0 saturated heterocycles. The third-order valence-corrected chi connectivity index (χ3v) is 3.71. The van der Waals surface area contributed by atoms with E-state index in [4.69, 9.17) is 5.73 Å². The highest BCUT2D eigenvalue weighted by atomic mass is 32.2. The fourth-order valence-corrected chi connectivity index (χ4v) is 2.64. The van der Waals surface area contributed by atoms with Gasteiger partial charge in [-0.05, 0) is 67.8 Å². The molecule has 19 heavy (non-hydrogen) atoms. The van der Waals surface area contributed by atoms with Crippen LogP contribution in [0.1, 0.15) is 23.6 Å². The summed E-state index contributed by atoms with van der Waals surface area (Å²) in [5, 5.41) is 0.782. The number of aryl methyl sites for hydroxylation is 2. The molecule has 1 atom stereocenters. The summed E-state index contributed by atoms with van der Waals surface area (Å²) in [6, 6.07) is 6.62. The molecule has 1 aromatic carbocycles. The molecule has 0 saturated carbocycles. The molecule has 100 valence electrons. The number of benzene rings is 1. The third kappa shape index (κ3) is 4.04. The van der Waals surface area contributed by atoms with Crippen molar-refractivity contribution >= 4 is 11.8 Å². The quantitative estimate of drug-likeness (QED) is 0.870. The molecule has 1 unspecified atom stereocenters. The molecular formula is C15H19N3S. The molecule has 1 aromatic heterocycles. The fraction of sp³-hybridized carbons (Fsp3) is 0.333. The highest BCUT2D eigenvalue weighted by Crippen LogP contribution is 2.26. The van der Waals surface area contributed by atoms with Gasteiger partial charge in [0.2, 0.25) is 0 Å². The van der Waals surface area contributed by atoms with Crippen LogP contribution in [0.2, 0.25) is 0 Å². The summed E-state index contributed by atoms with van der Waals surface area (Å²) in [6.07, 6.45) is 4.59. The minimum Gasteiger partial charge on any atom is -0.328 e. The molecule has 2 N–H and O–H groups in total. The van der Waals surface area contributed by atoms with Crippen LogP contribution in [0, 0.1) is 13.8 Å². The van der Waals surface area contributed by atoms with Crippen LogP contribution in [-0.2, 0) is 6.42 Å². The molecule has 0 radical (unpaired) electrons. The Morgan fingerprint density at radius 3 is 2.47 bits per heavy atom. The van der Waals surface area contributed by atoms with Crippen molar-refractivity contribution < 1.29 is 0 Å². The minimum absolute atomic E-state index is 0.192. The topological polar surface area (TPSA) is 51.8 Å². The van der Waals surface area contributed by atoms with Crippen molar-refractivity contribution in [1.82, 2.24) is 9.97 Å². The minimum atomic E-state index is 0.192. The van der Waals surface area contributed by atoms with E-state index >= 15 is 0 Å². The average Bonchev–Trinajstić information content (AvgIpc) is 2.35. The average molecular weight is 273 g/mol. The van der Waals surface area contributed by atoms with Crippen LogP contribution in [0.4, 0.5) is 0 Å². The monoisotopic (exact) mass is 273 g/mol. The zero-order chi connectivity index (χ0) is 13.8. The summed E-state index contributed by atoms with van der Waals surface area (Å²) < 4.78 is 0. The number of nitrogens with zero attached hydrogens (tertiary/aromatic N) is 2. The largest absolute Gasteiger partial charge is 0.328 e. The van der Waals surface area contributed by atoms with Crippen molar-refractivity contribution in [2.75, 3.05) is 0 Å². The van der Waals surface area contributed by atoms with E-state index in [0.29, 0.717) is 0 Å². The first-order chi connectivity index (χ1) is 9.04. The second-order valence-electron chi connectivity index (χ2n) is 4.91. The second kappa shape index (κ2) is 6.17. The molecular weight excluding hydrogens is 254 g/mol. The van der Waals surface area contributed by atoms with Crippen LogP contribution in [0.15, 0.2) is 40.6 Å².